The number of piperidine rings is 1. The molecule has 7 nitrogen and oxygen atoms in total. The molecule has 210 valence electrons. The monoisotopic (exact) mass is 578 g/mol. The van der Waals surface area contributed by atoms with E-state index in [-0.39, 0.29) is 23.3 Å². The summed E-state index contributed by atoms with van der Waals surface area (Å²) in [6.07, 6.45) is 1.34. The molecule has 1 saturated carbocycles. The number of nitrogens with one attached hydrogen (secondary N) is 1. The number of carboxylic acid groups (broad SMARTS) is 1. The van der Waals surface area contributed by atoms with E-state index in [1.54, 1.807) is 19.1 Å². The maximum absolute atomic E-state index is 15.4. The summed E-state index contributed by atoms with van der Waals surface area (Å²) < 4.78 is 26.8. The SMILES string of the molecule is CC1OC(C(=O)c2cccc(OCC3CCN([C@@H](C)c4cc(Cl)cc(Cl)c4)CC3C3CC3)c2F)NC1C(=O)O. The lowest BCUT2D eigenvalue weighted by Crippen LogP contribution is -2.44. The summed E-state index contributed by atoms with van der Waals surface area (Å²) in [5.74, 6) is -1.21. The number of likely N-dealkylation sites (tertiary alicyclic amines) is 1. The molecule has 39 heavy (non-hydrogen) atoms. The van der Waals surface area contributed by atoms with E-state index in [0.29, 0.717) is 28.5 Å². The molecule has 0 spiro atoms. The average molecular weight is 579 g/mol. The molecule has 10 heteroatoms. The van der Waals surface area contributed by atoms with Crippen LogP contribution in [0.15, 0.2) is 36.4 Å². The molecule has 0 aromatic heterocycles. The largest absolute Gasteiger partial charge is 0.490 e. The van der Waals surface area contributed by atoms with Crippen LogP contribution in [0.4, 0.5) is 4.39 Å². The molecular weight excluding hydrogens is 546 g/mol. The summed E-state index contributed by atoms with van der Waals surface area (Å²) in [6, 6.07) is 9.24. The number of carboxylic acids is 1. The first-order valence-electron chi connectivity index (χ1n) is 13.4. The van der Waals surface area contributed by atoms with Gasteiger partial charge < -0.3 is 14.6 Å². The lowest BCUT2D eigenvalue weighted by Gasteiger charge is -2.42. The molecule has 6 atom stereocenters. The third kappa shape index (κ3) is 6.25. The highest BCUT2D eigenvalue weighted by molar-refractivity contribution is 6.34. The van der Waals surface area contributed by atoms with Crippen molar-refractivity contribution in [2.24, 2.45) is 17.8 Å². The number of Topliss-reactive ketones (excluding diaryl/α,β-unsaturated/α-hetero) is 1. The number of rotatable bonds is 9. The third-order valence-corrected chi connectivity index (χ3v) is 8.75. The van der Waals surface area contributed by atoms with Crippen LogP contribution < -0.4 is 10.1 Å². The standard InChI is InChI=1S/C29H33Cl2FN2O5/c1-15(19-10-20(30)12-21(31)11-19)34-9-8-18(23(13-34)17-6-7-17)14-38-24-5-3-4-22(25(24)32)27(35)28-33-26(29(36)37)16(2)39-28/h3-5,10-12,15-18,23,26,28,33H,6-9,13-14H2,1-2H3,(H,36,37)/t15-,16?,18?,23?,26?,28?/m0/s1. The van der Waals surface area contributed by atoms with Crippen LogP contribution in [0.1, 0.15) is 55.1 Å². The Bertz CT molecular complexity index is 1220. The molecule has 0 bridgehead atoms. The minimum Gasteiger partial charge on any atom is -0.490 e. The van der Waals surface area contributed by atoms with Gasteiger partial charge in [-0.1, -0.05) is 29.3 Å². The van der Waals surface area contributed by atoms with Gasteiger partial charge in [-0.15, -0.1) is 0 Å². The topological polar surface area (TPSA) is 88.1 Å². The predicted molar refractivity (Wildman–Crippen MR) is 146 cm³/mol. The van der Waals surface area contributed by atoms with E-state index in [1.165, 1.54) is 25.0 Å². The van der Waals surface area contributed by atoms with E-state index < -0.39 is 35.9 Å². The van der Waals surface area contributed by atoms with Gasteiger partial charge in [0, 0.05) is 22.6 Å². The van der Waals surface area contributed by atoms with Crippen molar-refractivity contribution < 1.29 is 28.6 Å². The molecule has 0 amide bonds. The summed E-state index contributed by atoms with van der Waals surface area (Å²) >= 11 is 12.5. The first kappa shape index (κ1) is 28.3. The highest BCUT2D eigenvalue weighted by atomic mass is 35.5. The zero-order valence-corrected chi connectivity index (χ0v) is 23.4. The van der Waals surface area contributed by atoms with Gasteiger partial charge >= 0.3 is 5.97 Å². The summed E-state index contributed by atoms with van der Waals surface area (Å²) in [5, 5.41) is 13.2. The van der Waals surface area contributed by atoms with Crippen molar-refractivity contribution in [3.8, 4) is 5.75 Å². The van der Waals surface area contributed by atoms with E-state index in [9.17, 15) is 14.7 Å². The van der Waals surface area contributed by atoms with Gasteiger partial charge in [-0.05, 0) is 93.3 Å². The number of nitrogens with zero attached hydrogens (tertiary/aromatic N) is 1. The highest BCUT2D eigenvalue weighted by Gasteiger charge is 2.42. The molecule has 2 saturated heterocycles. The first-order valence-corrected chi connectivity index (χ1v) is 14.2. The fraction of sp³-hybridized carbons (Fsp3) is 0.517. The Morgan fingerprint density at radius 3 is 2.56 bits per heavy atom. The molecule has 2 aromatic rings. The number of hydrogen-bond acceptors (Lipinski definition) is 6. The van der Waals surface area contributed by atoms with Crippen LogP contribution in [0.25, 0.3) is 0 Å². The van der Waals surface area contributed by atoms with Gasteiger partial charge in [0.2, 0.25) is 5.78 Å². The Labute approximate surface area is 237 Å². The van der Waals surface area contributed by atoms with Gasteiger partial charge in [0.15, 0.2) is 17.8 Å². The zero-order valence-electron chi connectivity index (χ0n) is 21.9. The summed E-state index contributed by atoms with van der Waals surface area (Å²) in [7, 11) is 0. The zero-order chi connectivity index (χ0) is 27.8. The third-order valence-electron chi connectivity index (χ3n) is 8.32. The van der Waals surface area contributed by atoms with E-state index in [4.69, 9.17) is 32.7 Å². The molecule has 0 radical (unpaired) electrons. The Balaban J connectivity index is 1.24. The molecule has 1 aliphatic carbocycles. The predicted octanol–water partition coefficient (Wildman–Crippen LogP) is 5.59. The number of halogens is 3. The molecule has 5 rings (SSSR count). The maximum Gasteiger partial charge on any atom is 0.323 e. The van der Waals surface area contributed by atoms with Gasteiger partial charge in [0.25, 0.3) is 0 Å². The molecule has 2 aliphatic heterocycles. The Morgan fingerprint density at radius 2 is 1.92 bits per heavy atom. The minimum absolute atomic E-state index is 0.0144. The normalized spacial score (nSPS) is 28.3. The van der Waals surface area contributed by atoms with Gasteiger partial charge in [-0.2, -0.15) is 0 Å². The van der Waals surface area contributed by atoms with Crippen LogP contribution in [-0.2, 0) is 9.53 Å². The van der Waals surface area contributed by atoms with Gasteiger partial charge in [0.1, 0.15) is 6.04 Å². The van der Waals surface area contributed by atoms with Crippen molar-refractivity contribution >= 4 is 35.0 Å². The number of benzene rings is 2. The van der Waals surface area contributed by atoms with E-state index in [1.807, 2.05) is 12.1 Å². The van der Waals surface area contributed by atoms with Crippen LogP contribution in [0.2, 0.25) is 10.0 Å². The Hall–Kier alpha value is -2.23. The maximum atomic E-state index is 15.4. The highest BCUT2D eigenvalue weighted by Crippen LogP contribution is 2.45. The van der Waals surface area contributed by atoms with Crippen molar-refractivity contribution in [3.63, 3.8) is 0 Å². The van der Waals surface area contributed by atoms with Crippen molar-refractivity contribution in [1.29, 1.82) is 0 Å². The second kappa shape index (κ2) is 11.7. The summed E-state index contributed by atoms with van der Waals surface area (Å²) in [6.45, 7) is 5.87. The molecule has 3 fully saturated rings. The van der Waals surface area contributed by atoms with Crippen molar-refractivity contribution in [2.75, 3.05) is 19.7 Å². The molecule has 2 heterocycles. The second-order valence-electron chi connectivity index (χ2n) is 10.9. The Morgan fingerprint density at radius 1 is 1.21 bits per heavy atom. The van der Waals surface area contributed by atoms with E-state index in [2.05, 4.69) is 17.1 Å². The number of carbonyl (C=O) groups excluding carboxylic acids is 1. The van der Waals surface area contributed by atoms with Crippen molar-refractivity contribution in [1.82, 2.24) is 10.2 Å². The molecule has 3 aliphatic rings. The van der Waals surface area contributed by atoms with Gasteiger partial charge in [-0.3, -0.25) is 19.8 Å². The van der Waals surface area contributed by atoms with E-state index in [0.717, 1.165) is 25.1 Å². The summed E-state index contributed by atoms with van der Waals surface area (Å²) in [4.78, 5) is 26.8. The van der Waals surface area contributed by atoms with Crippen LogP contribution in [-0.4, -0.2) is 59.8 Å². The number of hydrogen-bond donors (Lipinski definition) is 2. The van der Waals surface area contributed by atoms with Gasteiger partial charge in [0.05, 0.1) is 18.3 Å². The van der Waals surface area contributed by atoms with Crippen LogP contribution >= 0.6 is 23.2 Å². The fourth-order valence-electron chi connectivity index (χ4n) is 5.89. The van der Waals surface area contributed by atoms with Crippen molar-refractivity contribution in [3.05, 3.63) is 63.4 Å². The minimum atomic E-state index is -1.23. The van der Waals surface area contributed by atoms with Crippen LogP contribution in [0.3, 0.4) is 0 Å². The van der Waals surface area contributed by atoms with Gasteiger partial charge in [-0.25, -0.2) is 4.39 Å². The number of ketones is 1. The molecular formula is C29H33Cl2FN2O5. The lowest BCUT2D eigenvalue weighted by atomic mass is 9.81. The molecule has 2 N–H and O–H groups in total. The Kier molecular flexibility index (Phi) is 8.50. The molecule has 5 unspecified atom stereocenters. The number of aliphatic carboxylic acids is 1. The lowest BCUT2D eigenvalue weighted by molar-refractivity contribution is -0.140. The number of ether oxygens (including phenoxy) is 2. The second-order valence-corrected chi connectivity index (χ2v) is 11.8. The smallest absolute Gasteiger partial charge is 0.323 e. The fourth-order valence-corrected chi connectivity index (χ4v) is 6.44. The average Bonchev–Trinajstić information content (AvgIpc) is 3.67. The van der Waals surface area contributed by atoms with E-state index >= 15 is 4.39 Å². The molecule has 2 aromatic carbocycles. The quantitative estimate of drug-likeness (QED) is 0.375. The summed E-state index contributed by atoms with van der Waals surface area (Å²) in [5.41, 5.74) is 0.899. The first-order chi connectivity index (χ1) is 18.6. The number of carbonyl (C=O) groups is 2. The van der Waals surface area contributed by atoms with Crippen LogP contribution in [0.5, 0.6) is 5.75 Å². The van der Waals surface area contributed by atoms with Crippen LogP contribution in [0, 0.1) is 23.6 Å². The van der Waals surface area contributed by atoms with Crippen molar-refractivity contribution in [2.45, 2.75) is 57.5 Å².